The number of rotatable bonds is 6. The third kappa shape index (κ3) is 4.60. The summed E-state index contributed by atoms with van der Waals surface area (Å²) in [4.78, 5) is 10.9. The van der Waals surface area contributed by atoms with Gasteiger partial charge in [-0.05, 0) is 82.6 Å². The highest BCUT2D eigenvalue weighted by molar-refractivity contribution is 6.01. The molecule has 1 heterocycles. The number of aryl methyl sites for hydroxylation is 1. The van der Waals surface area contributed by atoms with Gasteiger partial charge in [-0.2, -0.15) is 10.4 Å². The lowest BCUT2D eigenvalue weighted by molar-refractivity contribution is -0.131. The summed E-state index contributed by atoms with van der Waals surface area (Å²) in [6, 6.07) is 22.1. The molecule has 1 aromatic heterocycles. The number of nitrogens with zero attached hydrogens (tertiary/aromatic N) is 2. The van der Waals surface area contributed by atoms with Crippen LogP contribution in [0.1, 0.15) is 46.7 Å². The second-order valence-corrected chi connectivity index (χ2v) is 7.81. The highest BCUT2D eigenvalue weighted by atomic mass is 16.4. The maximum absolute atomic E-state index is 10.9. The summed E-state index contributed by atoms with van der Waals surface area (Å²) in [5, 5.41) is 26.4. The van der Waals surface area contributed by atoms with E-state index in [0.717, 1.165) is 56.8 Å². The van der Waals surface area contributed by atoms with Crippen molar-refractivity contribution < 1.29 is 9.90 Å². The maximum Gasteiger partial charge on any atom is 0.328 e. The van der Waals surface area contributed by atoms with Gasteiger partial charge in [-0.15, -0.1) is 0 Å². The van der Waals surface area contributed by atoms with Gasteiger partial charge in [-0.1, -0.05) is 43.3 Å². The fourth-order valence-electron chi connectivity index (χ4n) is 4.12. The van der Waals surface area contributed by atoms with Gasteiger partial charge in [-0.25, -0.2) is 4.79 Å². The zero-order valence-electron chi connectivity index (χ0n) is 18.5. The molecule has 5 heteroatoms. The fourth-order valence-corrected chi connectivity index (χ4v) is 4.12. The van der Waals surface area contributed by atoms with Crippen molar-refractivity contribution in [2.24, 2.45) is 0 Å². The number of fused-ring (bicyclic) bond motifs is 1. The Morgan fingerprint density at radius 2 is 1.85 bits per heavy atom. The van der Waals surface area contributed by atoms with Crippen molar-refractivity contribution in [1.82, 2.24) is 10.2 Å². The molecule has 0 unspecified atom stereocenters. The van der Waals surface area contributed by atoms with E-state index in [1.165, 1.54) is 5.57 Å². The summed E-state index contributed by atoms with van der Waals surface area (Å²) >= 11 is 0. The molecule has 0 aliphatic carbocycles. The topological polar surface area (TPSA) is 89.8 Å². The molecule has 0 bridgehead atoms. The van der Waals surface area contributed by atoms with Crippen LogP contribution in [0.2, 0.25) is 0 Å². The number of nitrogens with one attached hydrogen (secondary N) is 1. The normalized spacial score (nSPS) is 12.0. The number of benzene rings is 3. The summed E-state index contributed by atoms with van der Waals surface area (Å²) in [6.45, 7) is 4.16. The van der Waals surface area contributed by atoms with Gasteiger partial charge >= 0.3 is 5.97 Å². The number of carboxylic acid groups (broad SMARTS) is 1. The highest BCUT2D eigenvalue weighted by Gasteiger charge is 2.16. The number of hydrogen-bond acceptors (Lipinski definition) is 3. The molecule has 0 atom stereocenters. The van der Waals surface area contributed by atoms with E-state index >= 15 is 0 Å². The molecule has 0 radical (unpaired) electrons. The SMILES string of the molecule is CC/C(=C(/c1ccc(/C=C/C(=O)O)cc1)c1ccc2[nH]ncc2c1)c1ccc(C#N)cc1C. The quantitative estimate of drug-likeness (QED) is 0.279. The van der Waals surface area contributed by atoms with Crippen LogP contribution in [0.5, 0.6) is 0 Å². The molecule has 4 aromatic rings. The Bertz CT molecular complexity index is 1430. The highest BCUT2D eigenvalue weighted by Crippen LogP contribution is 2.37. The Kier molecular flexibility index (Phi) is 6.19. The van der Waals surface area contributed by atoms with E-state index in [1.807, 2.05) is 61.7 Å². The van der Waals surface area contributed by atoms with Crippen LogP contribution in [-0.2, 0) is 4.79 Å². The first-order valence-electron chi connectivity index (χ1n) is 10.7. The number of aliphatic carboxylic acids is 1. The molecule has 33 heavy (non-hydrogen) atoms. The summed E-state index contributed by atoms with van der Waals surface area (Å²) in [5.41, 5.74) is 8.96. The van der Waals surface area contributed by atoms with Crippen LogP contribution < -0.4 is 0 Å². The summed E-state index contributed by atoms with van der Waals surface area (Å²) < 4.78 is 0. The molecular weight excluding hydrogens is 410 g/mol. The van der Waals surface area contributed by atoms with Gasteiger partial charge in [-0.3, -0.25) is 5.10 Å². The van der Waals surface area contributed by atoms with E-state index in [4.69, 9.17) is 5.11 Å². The van der Waals surface area contributed by atoms with Gasteiger partial charge in [0.1, 0.15) is 0 Å². The van der Waals surface area contributed by atoms with Crippen molar-refractivity contribution >= 4 is 34.1 Å². The first-order valence-corrected chi connectivity index (χ1v) is 10.7. The predicted molar refractivity (Wildman–Crippen MR) is 131 cm³/mol. The Labute approximate surface area is 192 Å². The summed E-state index contributed by atoms with van der Waals surface area (Å²) in [6.07, 6.45) is 5.33. The van der Waals surface area contributed by atoms with Crippen molar-refractivity contribution in [3.05, 3.63) is 106 Å². The first-order chi connectivity index (χ1) is 16.0. The van der Waals surface area contributed by atoms with E-state index in [0.29, 0.717) is 5.56 Å². The van der Waals surface area contributed by atoms with Crippen LogP contribution >= 0.6 is 0 Å². The van der Waals surface area contributed by atoms with Crippen molar-refractivity contribution in [3.63, 3.8) is 0 Å². The van der Waals surface area contributed by atoms with Crippen LogP contribution in [0, 0.1) is 18.3 Å². The summed E-state index contributed by atoms with van der Waals surface area (Å²) in [5.74, 6) is -0.974. The van der Waals surface area contributed by atoms with E-state index < -0.39 is 5.97 Å². The zero-order valence-corrected chi connectivity index (χ0v) is 18.5. The van der Waals surface area contributed by atoms with Crippen LogP contribution in [0.3, 0.4) is 0 Å². The molecule has 0 saturated heterocycles. The monoisotopic (exact) mass is 433 g/mol. The van der Waals surface area contributed by atoms with E-state index in [2.05, 4.69) is 35.3 Å². The molecular formula is C28H23N3O2. The summed E-state index contributed by atoms with van der Waals surface area (Å²) in [7, 11) is 0. The smallest absolute Gasteiger partial charge is 0.328 e. The zero-order chi connectivity index (χ0) is 23.4. The van der Waals surface area contributed by atoms with Crippen molar-refractivity contribution in [2.45, 2.75) is 20.3 Å². The molecule has 3 aromatic carbocycles. The Hall–Kier alpha value is -4.43. The number of hydrogen-bond donors (Lipinski definition) is 2. The predicted octanol–water partition coefficient (Wildman–Crippen LogP) is 6.21. The largest absolute Gasteiger partial charge is 0.478 e. The van der Waals surface area contributed by atoms with Gasteiger partial charge < -0.3 is 5.11 Å². The molecule has 0 fully saturated rings. The lowest BCUT2D eigenvalue weighted by Crippen LogP contribution is -1.97. The Morgan fingerprint density at radius 1 is 1.09 bits per heavy atom. The molecule has 162 valence electrons. The van der Waals surface area contributed by atoms with Gasteiger partial charge in [0.2, 0.25) is 0 Å². The van der Waals surface area contributed by atoms with E-state index in [1.54, 1.807) is 6.08 Å². The maximum atomic E-state index is 10.9. The number of H-pyrrole nitrogens is 1. The van der Waals surface area contributed by atoms with Gasteiger partial charge in [0.25, 0.3) is 0 Å². The van der Waals surface area contributed by atoms with Crippen molar-refractivity contribution in [3.8, 4) is 6.07 Å². The van der Waals surface area contributed by atoms with E-state index in [9.17, 15) is 10.1 Å². The van der Waals surface area contributed by atoms with E-state index in [-0.39, 0.29) is 0 Å². The lowest BCUT2D eigenvalue weighted by Gasteiger charge is -2.18. The number of allylic oxidation sites excluding steroid dienone is 1. The second-order valence-electron chi connectivity index (χ2n) is 7.81. The van der Waals surface area contributed by atoms with Crippen molar-refractivity contribution in [1.29, 1.82) is 5.26 Å². The fraction of sp³-hybridized carbons (Fsp3) is 0.107. The van der Waals surface area contributed by atoms with Crippen LogP contribution in [0.25, 0.3) is 28.1 Å². The number of carboxylic acids is 1. The molecule has 0 saturated carbocycles. The minimum atomic E-state index is -0.974. The minimum Gasteiger partial charge on any atom is -0.478 e. The van der Waals surface area contributed by atoms with Crippen LogP contribution in [-0.4, -0.2) is 21.3 Å². The number of aromatic nitrogens is 2. The van der Waals surface area contributed by atoms with Crippen molar-refractivity contribution in [2.75, 3.05) is 0 Å². The lowest BCUT2D eigenvalue weighted by atomic mass is 9.86. The van der Waals surface area contributed by atoms with Gasteiger partial charge in [0.15, 0.2) is 0 Å². The number of aromatic amines is 1. The molecule has 0 spiro atoms. The second kappa shape index (κ2) is 9.37. The molecule has 2 N–H and O–H groups in total. The van der Waals surface area contributed by atoms with Gasteiger partial charge in [0, 0.05) is 11.5 Å². The third-order valence-electron chi connectivity index (χ3n) is 5.68. The third-order valence-corrected chi connectivity index (χ3v) is 5.68. The molecule has 0 aliphatic rings. The molecule has 0 aliphatic heterocycles. The average molecular weight is 434 g/mol. The first kappa shape index (κ1) is 21.8. The van der Waals surface area contributed by atoms with Crippen LogP contribution in [0.15, 0.2) is 72.9 Å². The average Bonchev–Trinajstić information content (AvgIpc) is 3.30. The Morgan fingerprint density at radius 3 is 2.52 bits per heavy atom. The number of nitriles is 1. The standard InChI is InChI=1S/C28H23N3O2/c1-3-24(25-11-6-20(16-29)14-18(25)2)28(22-10-12-26-23(15-22)17-30-31-26)21-8-4-19(5-9-21)7-13-27(32)33/h4-15,17H,3H2,1-2H3,(H,30,31)(H,32,33)/b13-7+,28-24+. The number of carbonyl (C=O) groups is 1. The van der Waals surface area contributed by atoms with Gasteiger partial charge in [0.05, 0.1) is 23.3 Å². The van der Waals surface area contributed by atoms with Crippen LogP contribution in [0.4, 0.5) is 0 Å². The molecule has 0 amide bonds. The minimum absolute atomic E-state index is 0.641. The molecule has 4 rings (SSSR count). The Balaban J connectivity index is 1.94. The molecule has 5 nitrogen and oxygen atoms in total.